The molecule has 2 rings (SSSR count). The van der Waals surface area contributed by atoms with Gasteiger partial charge < -0.3 is 10.2 Å². The van der Waals surface area contributed by atoms with Gasteiger partial charge in [0.05, 0.1) is 0 Å². The molecule has 3 nitrogen and oxygen atoms in total. The topological polar surface area (TPSA) is 18.5 Å². The number of nitrogens with one attached hydrogen (secondary N) is 1. The third-order valence-corrected chi connectivity index (χ3v) is 5.30. The molecule has 2 atom stereocenters. The molecule has 1 saturated heterocycles. The zero-order valence-electron chi connectivity index (χ0n) is 13.9. The Labute approximate surface area is 126 Å². The van der Waals surface area contributed by atoms with Crippen molar-refractivity contribution in [2.45, 2.75) is 64.0 Å². The van der Waals surface area contributed by atoms with Gasteiger partial charge >= 0.3 is 0 Å². The summed E-state index contributed by atoms with van der Waals surface area (Å²) < 4.78 is 0. The molecule has 0 amide bonds. The highest BCUT2D eigenvalue weighted by Gasteiger charge is 2.31. The maximum atomic E-state index is 3.87. The van der Waals surface area contributed by atoms with Crippen molar-refractivity contribution in [3.63, 3.8) is 0 Å². The van der Waals surface area contributed by atoms with Crippen LogP contribution in [-0.2, 0) is 0 Å². The molecule has 0 aromatic carbocycles. The van der Waals surface area contributed by atoms with Crippen molar-refractivity contribution in [2.24, 2.45) is 5.92 Å². The first-order valence-corrected chi connectivity index (χ1v) is 8.83. The van der Waals surface area contributed by atoms with E-state index in [1.165, 1.54) is 71.1 Å². The summed E-state index contributed by atoms with van der Waals surface area (Å²) in [5.41, 5.74) is 0. The minimum Gasteiger partial charge on any atom is -0.311 e. The Kier molecular flexibility index (Phi) is 6.79. The number of piperazine rings is 1. The molecule has 0 bridgehead atoms. The van der Waals surface area contributed by atoms with Crippen molar-refractivity contribution in [1.82, 2.24) is 15.1 Å². The number of rotatable bonds is 6. The molecule has 20 heavy (non-hydrogen) atoms. The third kappa shape index (κ3) is 4.71. The van der Waals surface area contributed by atoms with Gasteiger partial charge in [0.15, 0.2) is 0 Å². The van der Waals surface area contributed by atoms with Crippen LogP contribution in [0.1, 0.15) is 51.9 Å². The Hall–Kier alpha value is -0.120. The SMILES string of the molecule is CCC1CNC(C2CCCCC2)CN1CCCN(C)C. The molecule has 2 fully saturated rings. The van der Waals surface area contributed by atoms with Crippen LogP contribution in [0.5, 0.6) is 0 Å². The van der Waals surface area contributed by atoms with Gasteiger partial charge in [0.1, 0.15) is 0 Å². The van der Waals surface area contributed by atoms with Gasteiger partial charge in [0.25, 0.3) is 0 Å². The van der Waals surface area contributed by atoms with E-state index in [9.17, 15) is 0 Å². The molecular weight excluding hydrogens is 246 g/mol. The molecular formula is C17H35N3. The predicted octanol–water partition coefficient (Wildman–Crippen LogP) is 2.57. The number of hydrogen-bond donors (Lipinski definition) is 1. The second-order valence-electron chi connectivity index (χ2n) is 7.13. The fourth-order valence-corrected chi connectivity index (χ4v) is 4.00. The fourth-order valence-electron chi connectivity index (χ4n) is 4.00. The van der Waals surface area contributed by atoms with Gasteiger partial charge in [-0.1, -0.05) is 26.2 Å². The van der Waals surface area contributed by atoms with Gasteiger partial charge in [-0.05, 0) is 58.8 Å². The summed E-state index contributed by atoms with van der Waals surface area (Å²) >= 11 is 0. The normalized spacial score (nSPS) is 30.0. The van der Waals surface area contributed by atoms with Gasteiger partial charge in [-0.15, -0.1) is 0 Å². The van der Waals surface area contributed by atoms with Gasteiger partial charge in [0, 0.05) is 25.2 Å². The van der Waals surface area contributed by atoms with Crippen molar-refractivity contribution < 1.29 is 0 Å². The van der Waals surface area contributed by atoms with E-state index in [0.29, 0.717) is 0 Å². The molecule has 3 heteroatoms. The van der Waals surface area contributed by atoms with E-state index in [1.54, 1.807) is 0 Å². The lowest BCUT2D eigenvalue weighted by molar-refractivity contribution is 0.0906. The molecule has 1 aliphatic heterocycles. The Balaban J connectivity index is 1.82. The predicted molar refractivity (Wildman–Crippen MR) is 87.2 cm³/mol. The molecule has 1 heterocycles. The zero-order valence-corrected chi connectivity index (χ0v) is 13.9. The van der Waals surface area contributed by atoms with Crippen molar-refractivity contribution in [3.05, 3.63) is 0 Å². The Morgan fingerprint density at radius 1 is 1.15 bits per heavy atom. The highest BCUT2D eigenvalue weighted by molar-refractivity contribution is 4.90. The Bertz CT molecular complexity index is 261. The van der Waals surface area contributed by atoms with Crippen LogP contribution in [0.25, 0.3) is 0 Å². The summed E-state index contributed by atoms with van der Waals surface area (Å²) in [5, 5.41) is 3.87. The van der Waals surface area contributed by atoms with E-state index >= 15 is 0 Å². The fraction of sp³-hybridized carbons (Fsp3) is 1.00. The van der Waals surface area contributed by atoms with E-state index in [2.05, 4.69) is 36.1 Å². The van der Waals surface area contributed by atoms with Crippen LogP contribution in [0.15, 0.2) is 0 Å². The molecule has 2 unspecified atom stereocenters. The average molecular weight is 281 g/mol. The van der Waals surface area contributed by atoms with Gasteiger partial charge in [-0.25, -0.2) is 0 Å². The first-order chi connectivity index (χ1) is 9.70. The second-order valence-corrected chi connectivity index (χ2v) is 7.13. The smallest absolute Gasteiger partial charge is 0.0224 e. The molecule has 1 aliphatic carbocycles. The standard InChI is InChI=1S/C17H35N3/c1-4-16-13-18-17(15-9-6-5-7-10-15)14-20(16)12-8-11-19(2)3/h15-18H,4-14H2,1-3H3. The van der Waals surface area contributed by atoms with Gasteiger partial charge in [0.2, 0.25) is 0 Å². The number of nitrogens with zero attached hydrogens (tertiary/aromatic N) is 2. The van der Waals surface area contributed by atoms with Crippen molar-refractivity contribution in [1.29, 1.82) is 0 Å². The molecule has 0 spiro atoms. The van der Waals surface area contributed by atoms with E-state index in [-0.39, 0.29) is 0 Å². The summed E-state index contributed by atoms with van der Waals surface area (Å²) in [6.45, 7) is 7.33. The second kappa shape index (κ2) is 8.35. The summed E-state index contributed by atoms with van der Waals surface area (Å²) in [6, 6.07) is 1.52. The molecule has 0 aromatic heterocycles. The highest BCUT2D eigenvalue weighted by Crippen LogP contribution is 2.28. The first kappa shape index (κ1) is 16.3. The Morgan fingerprint density at radius 3 is 2.55 bits per heavy atom. The monoisotopic (exact) mass is 281 g/mol. The van der Waals surface area contributed by atoms with Crippen LogP contribution < -0.4 is 5.32 Å². The molecule has 118 valence electrons. The lowest BCUT2D eigenvalue weighted by atomic mass is 9.82. The van der Waals surface area contributed by atoms with Crippen LogP contribution in [0.3, 0.4) is 0 Å². The zero-order chi connectivity index (χ0) is 14.4. The van der Waals surface area contributed by atoms with E-state index < -0.39 is 0 Å². The van der Waals surface area contributed by atoms with Crippen molar-refractivity contribution >= 4 is 0 Å². The van der Waals surface area contributed by atoms with Gasteiger partial charge in [-0.2, -0.15) is 0 Å². The number of hydrogen-bond acceptors (Lipinski definition) is 3. The summed E-state index contributed by atoms with van der Waals surface area (Å²) in [7, 11) is 4.36. The van der Waals surface area contributed by atoms with Crippen LogP contribution in [0.2, 0.25) is 0 Å². The summed E-state index contributed by atoms with van der Waals surface area (Å²) in [6.07, 6.45) is 9.89. The first-order valence-electron chi connectivity index (χ1n) is 8.83. The van der Waals surface area contributed by atoms with Crippen LogP contribution in [0, 0.1) is 5.92 Å². The highest BCUT2D eigenvalue weighted by atomic mass is 15.2. The van der Waals surface area contributed by atoms with E-state index in [1.807, 2.05) is 0 Å². The molecule has 0 radical (unpaired) electrons. The lowest BCUT2D eigenvalue weighted by Gasteiger charge is -2.44. The molecule has 1 N–H and O–H groups in total. The van der Waals surface area contributed by atoms with E-state index in [4.69, 9.17) is 0 Å². The molecule has 0 aromatic rings. The van der Waals surface area contributed by atoms with Gasteiger partial charge in [-0.3, -0.25) is 4.90 Å². The lowest BCUT2D eigenvalue weighted by Crippen LogP contribution is -2.59. The largest absolute Gasteiger partial charge is 0.311 e. The summed E-state index contributed by atoms with van der Waals surface area (Å²) in [5.74, 6) is 0.943. The van der Waals surface area contributed by atoms with Crippen molar-refractivity contribution in [2.75, 3.05) is 40.3 Å². The molecule has 1 saturated carbocycles. The van der Waals surface area contributed by atoms with Crippen LogP contribution in [-0.4, -0.2) is 62.2 Å². The maximum Gasteiger partial charge on any atom is 0.0224 e. The Morgan fingerprint density at radius 2 is 1.90 bits per heavy atom. The molecule has 2 aliphatic rings. The third-order valence-electron chi connectivity index (χ3n) is 5.30. The van der Waals surface area contributed by atoms with E-state index in [0.717, 1.165) is 18.0 Å². The minimum atomic E-state index is 0.761. The van der Waals surface area contributed by atoms with Crippen LogP contribution >= 0.6 is 0 Å². The van der Waals surface area contributed by atoms with Crippen molar-refractivity contribution in [3.8, 4) is 0 Å². The quantitative estimate of drug-likeness (QED) is 0.807. The summed E-state index contributed by atoms with van der Waals surface area (Å²) in [4.78, 5) is 5.08. The average Bonchev–Trinajstić information content (AvgIpc) is 2.47. The minimum absolute atomic E-state index is 0.761. The maximum absolute atomic E-state index is 3.87. The van der Waals surface area contributed by atoms with Crippen LogP contribution in [0.4, 0.5) is 0 Å².